The monoisotopic (exact) mass is 234 g/mol. The molecule has 0 aliphatic heterocycles. The third kappa shape index (κ3) is 11.2. The van der Waals surface area contributed by atoms with E-state index in [4.69, 9.17) is 14.2 Å². The van der Waals surface area contributed by atoms with Gasteiger partial charge in [-0.3, -0.25) is 5.43 Å². The number of carbonyl (C=O) groups excluding carboxylic acids is 1. The topological polar surface area (TPSA) is 68.8 Å². The molecule has 2 N–H and O–H groups in total. The molecule has 0 aromatic rings. The average Bonchev–Trinajstić information content (AvgIpc) is 2.13. The molecule has 0 atom stereocenters. The van der Waals surface area contributed by atoms with Crippen LogP contribution in [0.4, 0.5) is 4.79 Å². The lowest BCUT2D eigenvalue weighted by atomic mass is 10.2. The molecular weight excluding hydrogens is 212 g/mol. The van der Waals surface area contributed by atoms with Crippen LogP contribution in [0.2, 0.25) is 0 Å². The van der Waals surface area contributed by atoms with Crippen molar-refractivity contribution in [1.82, 2.24) is 10.9 Å². The maximum atomic E-state index is 11.1. The zero-order valence-electron chi connectivity index (χ0n) is 10.5. The van der Waals surface area contributed by atoms with Crippen LogP contribution in [0.5, 0.6) is 0 Å². The molecule has 0 aliphatic rings. The lowest BCUT2D eigenvalue weighted by molar-refractivity contribution is 0.0469. The number of hydrazine groups is 1. The molecule has 0 aromatic heterocycles. The van der Waals surface area contributed by atoms with Crippen molar-refractivity contribution in [2.45, 2.75) is 26.4 Å². The Morgan fingerprint density at radius 3 is 2.44 bits per heavy atom. The summed E-state index contributed by atoms with van der Waals surface area (Å²) in [6.07, 6.45) is -0.496. The molecule has 0 aliphatic carbocycles. The first-order valence-electron chi connectivity index (χ1n) is 5.24. The molecule has 0 saturated heterocycles. The fourth-order valence-corrected chi connectivity index (χ4v) is 0.806. The molecule has 6 heteroatoms. The van der Waals surface area contributed by atoms with E-state index in [0.29, 0.717) is 26.4 Å². The number of rotatable bonds is 7. The lowest BCUT2D eigenvalue weighted by Crippen LogP contribution is -2.42. The van der Waals surface area contributed by atoms with Crippen molar-refractivity contribution in [3.05, 3.63) is 0 Å². The van der Waals surface area contributed by atoms with Gasteiger partial charge in [-0.05, 0) is 20.8 Å². The number of ether oxygens (including phenoxy) is 3. The van der Waals surface area contributed by atoms with Gasteiger partial charge in [-0.25, -0.2) is 10.2 Å². The number of nitrogens with one attached hydrogen (secondary N) is 2. The van der Waals surface area contributed by atoms with Crippen LogP contribution in [0, 0.1) is 0 Å². The van der Waals surface area contributed by atoms with E-state index in [2.05, 4.69) is 10.9 Å². The molecule has 0 radical (unpaired) electrons. The van der Waals surface area contributed by atoms with Crippen molar-refractivity contribution in [2.75, 3.05) is 33.5 Å². The van der Waals surface area contributed by atoms with Gasteiger partial charge in [0, 0.05) is 13.7 Å². The minimum Gasteiger partial charge on any atom is -0.443 e. The van der Waals surface area contributed by atoms with Gasteiger partial charge < -0.3 is 14.2 Å². The Balaban J connectivity index is 3.28. The Morgan fingerprint density at radius 1 is 1.19 bits per heavy atom. The van der Waals surface area contributed by atoms with Crippen LogP contribution in [0.25, 0.3) is 0 Å². The Hall–Kier alpha value is -0.850. The third-order valence-corrected chi connectivity index (χ3v) is 1.39. The van der Waals surface area contributed by atoms with Crippen LogP contribution >= 0.6 is 0 Å². The Kier molecular flexibility index (Phi) is 7.88. The molecule has 1 amide bonds. The smallest absolute Gasteiger partial charge is 0.422 e. The summed E-state index contributed by atoms with van der Waals surface area (Å²) in [5.74, 6) is 0. The van der Waals surface area contributed by atoms with Gasteiger partial charge in [0.05, 0.1) is 19.8 Å². The first kappa shape index (κ1) is 15.2. The summed E-state index contributed by atoms with van der Waals surface area (Å²) >= 11 is 0. The van der Waals surface area contributed by atoms with E-state index >= 15 is 0 Å². The summed E-state index contributed by atoms with van der Waals surface area (Å²) in [5.41, 5.74) is 4.62. The maximum Gasteiger partial charge on any atom is 0.422 e. The van der Waals surface area contributed by atoms with Crippen LogP contribution in [0.3, 0.4) is 0 Å². The molecule has 0 unspecified atom stereocenters. The number of methoxy groups -OCH3 is 1. The van der Waals surface area contributed by atoms with Gasteiger partial charge >= 0.3 is 6.09 Å². The molecule has 0 heterocycles. The highest BCUT2D eigenvalue weighted by Gasteiger charge is 2.15. The molecule has 96 valence electrons. The van der Waals surface area contributed by atoms with Gasteiger partial charge in [0.15, 0.2) is 0 Å². The van der Waals surface area contributed by atoms with Crippen LogP contribution in [-0.2, 0) is 14.2 Å². The van der Waals surface area contributed by atoms with Crippen LogP contribution < -0.4 is 10.9 Å². The lowest BCUT2D eigenvalue weighted by Gasteiger charge is -2.19. The van der Waals surface area contributed by atoms with E-state index in [1.54, 1.807) is 27.9 Å². The van der Waals surface area contributed by atoms with Crippen molar-refractivity contribution >= 4 is 6.09 Å². The SMILES string of the molecule is COCCOCCNNC(=O)OC(C)(C)C. The fraction of sp³-hybridized carbons (Fsp3) is 0.900. The summed E-state index contributed by atoms with van der Waals surface area (Å²) < 4.78 is 15.0. The molecule has 0 spiro atoms. The largest absolute Gasteiger partial charge is 0.443 e. The third-order valence-electron chi connectivity index (χ3n) is 1.39. The van der Waals surface area contributed by atoms with E-state index in [1.807, 2.05) is 0 Å². The second kappa shape index (κ2) is 8.32. The standard InChI is InChI=1S/C10H22N2O4/c1-10(2,3)16-9(13)12-11-5-6-15-8-7-14-4/h11H,5-8H2,1-4H3,(H,12,13). The minimum atomic E-state index is -0.496. The molecule has 0 fully saturated rings. The highest BCUT2D eigenvalue weighted by molar-refractivity contribution is 5.66. The zero-order valence-corrected chi connectivity index (χ0v) is 10.5. The quantitative estimate of drug-likeness (QED) is 0.501. The van der Waals surface area contributed by atoms with Crippen molar-refractivity contribution in [3.8, 4) is 0 Å². The van der Waals surface area contributed by atoms with Crippen LogP contribution in [-0.4, -0.2) is 45.2 Å². The van der Waals surface area contributed by atoms with Crippen LogP contribution in [0.15, 0.2) is 0 Å². The van der Waals surface area contributed by atoms with Gasteiger partial charge in [0.2, 0.25) is 0 Å². The van der Waals surface area contributed by atoms with Crippen LogP contribution in [0.1, 0.15) is 20.8 Å². The Morgan fingerprint density at radius 2 is 1.88 bits per heavy atom. The first-order valence-corrected chi connectivity index (χ1v) is 5.24. The number of hydrogen-bond donors (Lipinski definition) is 2. The molecule has 0 bridgehead atoms. The van der Waals surface area contributed by atoms with E-state index in [-0.39, 0.29) is 0 Å². The second-order valence-corrected chi connectivity index (χ2v) is 4.16. The van der Waals surface area contributed by atoms with Gasteiger partial charge in [0.1, 0.15) is 5.60 Å². The highest BCUT2D eigenvalue weighted by atomic mass is 16.6. The Labute approximate surface area is 96.6 Å². The predicted octanol–water partition coefficient (Wildman–Crippen LogP) is 0.679. The summed E-state index contributed by atoms with van der Waals surface area (Å²) in [7, 11) is 1.62. The molecular formula is C10H22N2O4. The highest BCUT2D eigenvalue weighted by Crippen LogP contribution is 2.05. The average molecular weight is 234 g/mol. The van der Waals surface area contributed by atoms with Crippen molar-refractivity contribution in [2.24, 2.45) is 0 Å². The van der Waals surface area contributed by atoms with Gasteiger partial charge in [0.25, 0.3) is 0 Å². The summed E-state index contributed by atoms with van der Waals surface area (Å²) in [5, 5.41) is 0. The molecule has 6 nitrogen and oxygen atoms in total. The van der Waals surface area contributed by atoms with E-state index in [0.717, 1.165) is 0 Å². The first-order chi connectivity index (χ1) is 7.45. The molecule has 0 saturated carbocycles. The van der Waals surface area contributed by atoms with E-state index in [1.165, 1.54) is 0 Å². The summed E-state index contributed by atoms with van der Waals surface area (Å²) in [6, 6.07) is 0. The molecule has 0 rings (SSSR count). The van der Waals surface area contributed by atoms with Gasteiger partial charge in [-0.15, -0.1) is 0 Å². The maximum absolute atomic E-state index is 11.1. The number of carbonyl (C=O) groups is 1. The van der Waals surface area contributed by atoms with E-state index < -0.39 is 11.7 Å². The summed E-state index contributed by atoms with van der Waals surface area (Å²) in [4.78, 5) is 11.1. The normalized spacial score (nSPS) is 11.2. The minimum absolute atomic E-state index is 0.485. The molecule has 0 aromatic carbocycles. The van der Waals surface area contributed by atoms with E-state index in [9.17, 15) is 4.79 Å². The van der Waals surface area contributed by atoms with Gasteiger partial charge in [-0.1, -0.05) is 0 Å². The number of hydrogen-bond acceptors (Lipinski definition) is 5. The summed E-state index contributed by atoms with van der Waals surface area (Å²) in [6.45, 7) is 7.55. The van der Waals surface area contributed by atoms with Crippen molar-refractivity contribution in [1.29, 1.82) is 0 Å². The van der Waals surface area contributed by atoms with Crippen molar-refractivity contribution in [3.63, 3.8) is 0 Å². The fourth-order valence-electron chi connectivity index (χ4n) is 0.806. The second-order valence-electron chi connectivity index (χ2n) is 4.16. The molecule has 16 heavy (non-hydrogen) atoms. The zero-order chi connectivity index (χ0) is 12.4. The number of amides is 1. The predicted molar refractivity (Wildman–Crippen MR) is 60.1 cm³/mol. The van der Waals surface area contributed by atoms with Crippen molar-refractivity contribution < 1.29 is 19.0 Å². The Bertz CT molecular complexity index is 192. The van der Waals surface area contributed by atoms with Gasteiger partial charge in [-0.2, -0.15) is 0 Å².